The molecule has 0 aromatic heterocycles. The minimum Gasteiger partial charge on any atom is -0.506 e. The number of phenols is 1. The van der Waals surface area contributed by atoms with Crippen LogP contribution in [0.3, 0.4) is 0 Å². The molecule has 3 aromatic rings. The molecular formula is C36H48N2O3. The fourth-order valence-corrected chi connectivity index (χ4v) is 4.44. The van der Waals surface area contributed by atoms with E-state index in [4.69, 9.17) is 9.47 Å². The summed E-state index contributed by atoms with van der Waals surface area (Å²) < 4.78 is 11.7. The first-order valence-corrected chi connectivity index (χ1v) is 15.5. The predicted octanol–water partition coefficient (Wildman–Crippen LogP) is 10.4. The van der Waals surface area contributed by atoms with Crippen LogP contribution >= 0.6 is 0 Å². The Hall–Kier alpha value is -3.60. The topological polar surface area (TPSA) is 63.4 Å². The average Bonchev–Trinajstić information content (AvgIpc) is 3.00. The van der Waals surface area contributed by atoms with E-state index in [1.54, 1.807) is 24.6 Å². The first-order chi connectivity index (χ1) is 20.2. The maximum absolute atomic E-state index is 10.5. The standard InChI is InChI=1S/C36H48N2O3/c1-3-5-7-9-11-13-25-40-33-20-15-30(16-21-33)28-37-32-19-24-35(36(39)27-32)38-29-31-17-22-34(23-18-31)41-26-14-12-10-8-6-4-2/h15-24,27-29,39H,3-14,25-26H2,1-2H3. The normalized spacial score (nSPS) is 11.5. The van der Waals surface area contributed by atoms with E-state index < -0.39 is 0 Å². The first-order valence-electron chi connectivity index (χ1n) is 15.5. The number of nitrogens with zero attached hydrogens (tertiary/aromatic N) is 2. The van der Waals surface area contributed by atoms with Crippen molar-refractivity contribution in [3.05, 3.63) is 77.9 Å². The Balaban J connectivity index is 1.41. The van der Waals surface area contributed by atoms with E-state index in [0.717, 1.165) is 48.7 Å². The van der Waals surface area contributed by atoms with Gasteiger partial charge in [0.2, 0.25) is 0 Å². The van der Waals surface area contributed by atoms with Crippen LogP contribution in [-0.2, 0) is 0 Å². The molecular weight excluding hydrogens is 508 g/mol. The van der Waals surface area contributed by atoms with Gasteiger partial charge in [-0.25, -0.2) is 0 Å². The van der Waals surface area contributed by atoms with Gasteiger partial charge in [-0.15, -0.1) is 0 Å². The lowest BCUT2D eigenvalue weighted by Gasteiger charge is -2.06. The van der Waals surface area contributed by atoms with Gasteiger partial charge < -0.3 is 14.6 Å². The molecule has 0 spiro atoms. The van der Waals surface area contributed by atoms with Gasteiger partial charge in [-0.2, -0.15) is 0 Å². The van der Waals surface area contributed by atoms with E-state index in [9.17, 15) is 5.11 Å². The zero-order valence-electron chi connectivity index (χ0n) is 25.1. The van der Waals surface area contributed by atoms with Crippen LogP contribution < -0.4 is 9.47 Å². The summed E-state index contributed by atoms with van der Waals surface area (Å²) in [5, 5.41) is 10.5. The van der Waals surface area contributed by atoms with Gasteiger partial charge in [0.05, 0.1) is 18.9 Å². The molecule has 3 rings (SSSR count). The smallest absolute Gasteiger partial charge is 0.143 e. The lowest BCUT2D eigenvalue weighted by molar-refractivity contribution is 0.304. The molecule has 3 aromatic carbocycles. The Morgan fingerprint density at radius 3 is 1.51 bits per heavy atom. The maximum atomic E-state index is 10.5. The summed E-state index contributed by atoms with van der Waals surface area (Å²) in [6.07, 6.45) is 18.6. The summed E-state index contributed by atoms with van der Waals surface area (Å²) in [6.45, 7) is 5.98. The van der Waals surface area contributed by atoms with Crippen LogP contribution in [0.4, 0.5) is 11.4 Å². The van der Waals surface area contributed by atoms with E-state index in [0.29, 0.717) is 11.4 Å². The molecule has 0 unspecified atom stereocenters. The molecule has 0 radical (unpaired) electrons. The number of phenolic OH excluding ortho intramolecular Hbond substituents is 1. The molecule has 0 amide bonds. The molecule has 0 bridgehead atoms. The summed E-state index contributed by atoms with van der Waals surface area (Å²) >= 11 is 0. The van der Waals surface area contributed by atoms with Crippen molar-refractivity contribution in [2.45, 2.75) is 90.9 Å². The highest BCUT2D eigenvalue weighted by Gasteiger charge is 2.02. The van der Waals surface area contributed by atoms with Crippen molar-refractivity contribution in [1.82, 2.24) is 0 Å². The van der Waals surface area contributed by atoms with Crippen LogP contribution in [0.5, 0.6) is 17.2 Å². The second-order valence-electron chi connectivity index (χ2n) is 10.6. The van der Waals surface area contributed by atoms with Crippen LogP contribution in [0.2, 0.25) is 0 Å². The zero-order valence-corrected chi connectivity index (χ0v) is 25.1. The molecule has 0 heterocycles. The van der Waals surface area contributed by atoms with Crippen molar-refractivity contribution in [2.75, 3.05) is 13.2 Å². The molecule has 0 saturated carbocycles. The predicted molar refractivity (Wildman–Crippen MR) is 173 cm³/mol. The van der Waals surface area contributed by atoms with Gasteiger partial charge in [-0.1, -0.05) is 78.1 Å². The van der Waals surface area contributed by atoms with Crippen LogP contribution in [0.1, 0.15) is 102 Å². The number of unbranched alkanes of at least 4 members (excludes halogenated alkanes) is 10. The molecule has 0 saturated heterocycles. The van der Waals surface area contributed by atoms with Gasteiger partial charge in [0.1, 0.15) is 22.9 Å². The van der Waals surface area contributed by atoms with Gasteiger partial charge in [0.15, 0.2) is 0 Å². The largest absolute Gasteiger partial charge is 0.506 e. The molecule has 0 aliphatic heterocycles. The quantitative estimate of drug-likeness (QED) is 0.111. The maximum Gasteiger partial charge on any atom is 0.143 e. The number of benzene rings is 3. The third-order valence-corrected chi connectivity index (χ3v) is 6.97. The summed E-state index contributed by atoms with van der Waals surface area (Å²) in [5.74, 6) is 1.84. The second-order valence-corrected chi connectivity index (χ2v) is 10.6. The second kappa shape index (κ2) is 19.5. The Kier molecular flexibility index (Phi) is 15.2. The Labute approximate surface area is 247 Å². The lowest BCUT2D eigenvalue weighted by Crippen LogP contribution is -1.97. The van der Waals surface area contributed by atoms with Gasteiger partial charge in [0, 0.05) is 18.5 Å². The van der Waals surface area contributed by atoms with Gasteiger partial charge in [-0.05, 0) is 84.6 Å². The van der Waals surface area contributed by atoms with Gasteiger partial charge >= 0.3 is 0 Å². The summed E-state index contributed by atoms with van der Waals surface area (Å²) in [7, 11) is 0. The molecule has 0 atom stereocenters. The average molecular weight is 557 g/mol. The van der Waals surface area contributed by atoms with Crippen LogP contribution in [0.25, 0.3) is 0 Å². The molecule has 0 fully saturated rings. The summed E-state index contributed by atoms with van der Waals surface area (Å²) in [5.41, 5.74) is 3.08. The van der Waals surface area contributed by atoms with Crippen molar-refractivity contribution in [2.24, 2.45) is 9.98 Å². The minimum absolute atomic E-state index is 0.0910. The molecule has 5 nitrogen and oxygen atoms in total. The number of ether oxygens (including phenoxy) is 2. The highest BCUT2D eigenvalue weighted by Crippen LogP contribution is 2.30. The molecule has 0 aliphatic carbocycles. The van der Waals surface area contributed by atoms with E-state index in [1.807, 2.05) is 54.6 Å². The number of aromatic hydroxyl groups is 1. The minimum atomic E-state index is 0.0910. The van der Waals surface area contributed by atoms with E-state index in [-0.39, 0.29) is 5.75 Å². The highest BCUT2D eigenvalue weighted by atomic mass is 16.5. The fourth-order valence-electron chi connectivity index (χ4n) is 4.44. The van der Waals surface area contributed by atoms with Crippen molar-refractivity contribution in [1.29, 1.82) is 0 Å². The van der Waals surface area contributed by atoms with Crippen molar-refractivity contribution >= 4 is 23.8 Å². The van der Waals surface area contributed by atoms with Gasteiger partial charge in [0.25, 0.3) is 0 Å². The Morgan fingerprint density at radius 2 is 1.02 bits per heavy atom. The van der Waals surface area contributed by atoms with Crippen LogP contribution in [0, 0.1) is 0 Å². The number of aliphatic imine (C=N–C) groups is 2. The van der Waals surface area contributed by atoms with Crippen molar-refractivity contribution in [3.8, 4) is 17.2 Å². The van der Waals surface area contributed by atoms with Crippen LogP contribution in [-0.4, -0.2) is 30.7 Å². The Bertz CT molecular complexity index is 1170. The molecule has 220 valence electrons. The summed E-state index contributed by atoms with van der Waals surface area (Å²) in [4.78, 5) is 8.96. The van der Waals surface area contributed by atoms with E-state index in [2.05, 4.69) is 23.8 Å². The number of hydrogen-bond acceptors (Lipinski definition) is 5. The van der Waals surface area contributed by atoms with Gasteiger partial charge in [-0.3, -0.25) is 9.98 Å². The van der Waals surface area contributed by atoms with E-state index >= 15 is 0 Å². The monoisotopic (exact) mass is 556 g/mol. The molecule has 1 N–H and O–H groups in total. The molecule has 41 heavy (non-hydrogen) atoms. The number of hydrogen-bond donors (Lipinski definition) is 1. The first kappa shape index (κ1) is 31.9. The number of rotatable bonds is 20. The van der Waals surface area contributed by atoms with E-state index in [1.165, 1.54) is 64.2 Å². The SMILES string of the molecule is CCCCCCCCOc1ccc(C=Nc2ccc(N=Cc3ccc(OCCCCCCCC)cc3)c(O)c2)cc1. The molecule has 5 heteroatoms. The Morgan fingerprint density at radius 1 is 0.561 bits per heavy atom. The lowest BCUT2D eigenvalue weighted by atomic mass is 10.1. The van der Waals surface area contributed by atoms with Crippen molar-refractivity contribution < 1.29 is 14.6 Å². The highest BCUT2D eigenvalue weighted by molar-refractivity contribution is 5.84. The summed E-state index contributed by atoms with van der Waals surface area (Å²) in [6, 6.07) is 21.0. The third-order valence-electron chi connectivity index (χ3n) is 6.97. The molecule has 0 aliphatic rings. The third kappa shape index (κ3) is 13.1. The van der Waals surface area contributed by atoms with Crippen molar-refractivity contribution in [3.63, 3.8) is 0 Å². The fraction of sp³-hybridized carbons (Fsp3) is 0.444. The van der Waals surface area contributed by atoms with Crippen LogP contribution in [0.15, 0.2) is 76.7 Å². The zero-order chi connectivity index (χ0) is 29.0.